The molecular formula is C10H18N4. The number of aryl methyl sites for hydroxylation is 1. The summed E-state index contributed by atoms with van der Waals surface area (Å²) >= 11 is 0. The van der Waals surface area contributed by atoms with Crippen molar-refractivity contribution in [1.82, 2.24) is 9.55 Å². The molecule has 0 bridgehead atoms. The van der Waals surface area contributed by atoms with Crippen molar-refractivity contribution < 1.29 is 0 Å². The molecule has 1 rings (SSSR count). The lowest BCUT2D eigenvalue weighted by atomic mass is 10.1. The first-order valence-corrected chi connectivity index (χ1v) is 5.03. The molecule has 0 saturated carbocycles. The third-order valence-corrected chi connectivity index (χ3v) is 2.39. The molecule has 0 aromatic carbocycles. The van der Waals surface area contributed by atoms with E-state index in [1.165, 1.54) is 0 Å². The number of hydrogen-bond acceptors (Lipinski definition) is 2. The zero-order chi connectivity index (χ0) is 10.6. The van der Waals surface area contributed by atoms with Gasteiger partial charge in [0.15, 0.2) is 0 Å². The Morgan fingerprint density at radius 2 is 2.36 bits per heavy atom. The summed E-state index contributed by atoms with van der Waals surface area (Å²) in [4.78, 5) is 4.26. The van der Waals surface area contributed by atoms with Crippen LogP contribution in [0.5, 0.6) is 0 Å². The van der Waals surface area contributed by atoms with E-state index < -0.39 is 0 Å². The highest BCUT2D eigenvalue weighted by atomic mass is 15.1. The quantitative estimate of drug-likeness (QED) is 0.553. The van der Waals surface area contributed by atoms with E-state index in [-0.39, 0.29) is 11.9 Å². The minimum Gasteiger partial charge on any atom is -0.388 e. The van der Waals surface area contributed by atoms with Gasteiger partial charge in [-0.2, -0.15) is 0 Å². The van der Waals surface area contributed by atoms with Crippen LogP contribution in [-0.2, 0) is 6.42 Å². The second-order valence-corrected chi connectivity index (χ2v) is 3.40. The predicted molar refractivity (Wildman–Crippen MR) is 57.5 cm³/mol. The number of rotatable bonds is 5. The highest BCUT2D eigenvalue weighted by molar-refractivity contribution is 5.77. The van der Waals surface area contributed by atoms with E-state index in [2.05, 4.69) is 23.4 Å². The number of nitrogens with two attached hydrogens (primary N) is 1. The minimum absolute atomic E-state index is 0.243. The van der Waals surface area contributed by atoms with Gasteiger partial charge in [-0.05, 0) is 6.42 Å². The number of imidazole rings is 1. The number of amidine groups is 1. The zero-order valence-corrected chi connectivity index (χ0v) is 8.83. The van der Waals surface area contributed by atoms with Crippen molar-refractivity contribution >= 4 is 5.84 Å². The van der Waals surface area contributed by atoms with Crippen LogP contribution in [0.3, 0.4) is 0 Å². The second-order valence-electron chi connectivity index (χ2n) is 3.40. The van der Waals surface area contributed by atoms with Gasteiger partial charge in [-0.15, -0.1) is 0 Å². The van der Waals surface area contributed by atoms with Crippen LogP contribution in [0.15, 0.2) is 12.4 Å². The van der Waals surface area contributed by atoms with Gasteiger partial charge in [0, 0.05) is 31.3 Å². The first-order chi connectivity index (χ1) is 6.69. The average molecular weight is 194 g/mol. The van der Waals surface area contributed by atoms with Crippen LogP contribution in [0.4, 0.5) is 0 Å². The van der Waals surface area contributed by atoms with E-state index in [9.17, 15) is 0 Å². The summed E-state index contributed by atoms with van der Waals surface area (Å²) < 4.78 is 2.13. The monoisotopic (exact) mass is 194 g/mol. The summed E-state index contributed by atoms with van der Waals surface area (Å²) in [6.45, 7) is 4.19. The Bertz CT molecular complexity index is 303. The zero-order valence-electron chi connectivity index (χ0n) is 8.83. The van der Waals surface area contributed by atoms with Crippen LogP contribution >= 0.6 is 0 Å². The van der Waals surface area contributed by atoms with Crippen molar-refractivity contribution in [2.45, 2.75) is 39.2 Å². The molecule has 3 N–H and O–H groups in total. The van der Waals surface area contributed by atoms with Gasteiger partial charge in [0.2, 0.25) is 0 Å². The molecule has 0 aliphatic heterocycles. The Hall–Kier alpha value is -1.32. The van der Waals surface area contributed by atoms with Crippen LogP contribution in [0.1, 0.15) is 38.6 Å². The van der Waals surface area contributed by atoms with E-state index in [1.54, 1.807) is 0 Å². The third kappa shape index (κ3) is 2.34. The van der Waals surface area contributed by atoms with Gasteiger partial charge < -0.3 is 10.3 Å². The number of hydrogen-bond donors (Lipinski definition) is 2. The molecule has 78 valence electrons. The van der Waals surface area contributed by atoms with Crippen LogP contribution in [0, 0.1) is 5.41 Å². The van der Waals surface area contributed by atoms with Crippen molar-refractivity contribution in [3.8, 4) is 0 Å². The maximum Gasteiger partial charge on any atom is 0.108 e. The molecular weight excluding hydrogens is 176 g/mol. The van der Waals surface area contributed by atoms with E-state index >= 15 is 0 Å². The molecule has 4 heteroatoms. The van der Waals surface area contributed by atoms with Crippen LogP contribution in [0.25, 0.3) is 0 Å². The number of aromatic nitrogens is 2. The molecule has 1 heterocycles. The van der Waals surface area contributed by atoms with Crippen molar-refractivity contribution in [3.63, 3.8) is 0 Å². The first-order valence-electron chi connectivity index (χ1n) is 5.03. The fraction of sp³-hybridized carbons (Fsp3) is 0.600. The Morgan fingerprint density at radius 1 is 1.64 bits per heavy atom. The summed E-state index contributed by atoms with van der Waals surface area (Å²) in [6, 6.07) is 0.282. The largest absolute Gasteiger partial charge is 0.388 e. The Balaban J connectivity index is 2.82. The van der Waals surface area contributed by atoms with E-state index in [0.29, 0.717) is 6.42 Å². The lowest BCUT2D eigenvalue weighted by molar-refractivity contribution is 0.483. The Morgan fingerprint density at radius 3 is 2.86 bits per heavy atom. The Kier molecular flexibility index (Phi) is 3.68. The van der Waals surface area contributed by atoms with Gasteiger partial charge in [0.25, 0.3) is 0 Å². The van der Waals surface area contributed by atoms with Crippen molar-refractivity contribution in [2.24, 2.45) is 5.73 Å². The normalized spacial score (nSPS) is 12.7. The fourth-order valence-electron chi connectivity index (χ4n) is 1.64. The average Bonchev–Trinajstić information content (AvgIpc) is 2.61. The summed E-state index contributed by atoms with van der Waals surface area (Å²) in [5.74, 6) is 1.31. The van der Waals surface area contributed by atoms with Crippen LogP contribution < -0.4 is 5.73 Å². The molecule has 0 aliphatic rings. The van der Waals surface area contributed by atoms with Crippen LogP contribution in [0.2, 0.25) is 0 Å². The fourth-order valence-corrected chi connectivity index (χ4v) is 1.64. The molecule has 0 amide bonds. The maximum absolute atomic E-state index is 7.30. The highest BCUT2D eigenvalue weighted by Crippen LogP contribution is 2.17. The molecule has 0 radical (unpaired) electrons. The second kappa shape index (κ2) is 4.79. The van der Waals surface area contributed by atoms with Crippen LogP contribution in [-0.4, -0.2) is 15.4 Å². The van der Waals surface area contributed by atoms with Crippen molar-refractivity contribution in [2.75, 3.05) is 0 Å². The topological polar surface area (TPSA) is 67.7 Å². The Labute approximate surface area is 84.7 Å². The van der Waals surface area contributed by atoms with Crippen molar-refractivity contribution in [3.05, 3.63) is 18.2 Å². The van der Waals surface area contributed by atoms with Gasteiger partial charge in [0.05, 0.1) is 5.84 Å². The highest BCUT2D eigenvalue weighted by Gasteiger charge is 2.12. The standard InChI is InChI=1S/C10H18N4/c1-3-8(7-9(11)12)14-6-5-13-10(14)4-2/h5-6,8H,3-4,7H2,1-2H3,(H3,11,12). The molecule has 1 aromatic heterocycles. The minimum atomic E-state index is 0.243. The van der Waals surface area contributed by atoms with Gasteiger partial charge in [-0.3, -0.25) is 5.41 Å². The first kappa shape index (κ1) is 10.8. The molecule has 1 atom stereocenters. The van der Waals surface area contributed by atoms with E-state index in [4.69, 9.17) is 11.1 Å². The maximum atomic E-state index is 7.30. The number of nitrogens with one attached hydrogen (secondary N) is 1. The van der Waals surface area contributed by atoms with Gasteiger partial charge >= 0.3 is 0 Å². The molecule has 1 aromatic rings. The van der Waals surface area contributed by atoms with Gasteiger partial charge in [0.1, 0.15) is 5.82 Å². The summed E-state index contributed by atoms with van der Waals surface area (Å²) in [7, 11) is 0. The van der Waals surface area contributed by atoms with Gasteiger partial charge in [-0.1, -0.05) is 13.8 Å². The lowest BCUT2D eigenvalue weighted by Crippen LogP contribution is -2.19. The third-order valence-electron chi connectivity index (χ3n) is 2.39. The molecule has 1 unspecified atom stereocenters. The summed E-state index contributed by atoms with van der Waals surface area (Å²) in [5.41, 5.74) is 5.42. The molecule has 4 nitrogen and oxygen atoms in total. The van der Waals surface area contributed by atoms with E-state index in [0.717, 1.165) is 18.7 Å². The molecule has 0 spiro atoms. The van der Waals surface area contributed by atoms with E-state index in [1.807, 2.05) is 12.4 Å². The SMILES string of the molecule is CCc1nccn1C(CC)CC(=N)N. The molecule has 0 fully saturated rings. The van der Waals surface area contributed by atoms with Crippen molar-refractivity contribution in [1.29, 1.82) is 5.41 Å². The lowest BCUT2D eigenvalue weighted by Gasteiger charge is -2.18. The van der Waals surface area contributed by atoms with Gasteiger partial charge in [-0.25, -0.2) is 4.98 Å². The summed E-state index contributed by atoms with van der Waals surface area (Å²) in [6.07, 6.45) is 6.28. The molecule has 14 heavy (non-hydrogen) atoms. The summed E-state index contributed by atoms with van der Waals surface area (Å²) in [5, 5.41) is 7.30. The molecule has 0 aliphatic carbocycles. The smallest absolute Gasteiger partial charge is 0.108 e. The predicted octanol–water partition coefficient (Wildman–Crippen LogP) is 1.72. The number of nitrogens with zero attached hydrogens (tertiary/aromatic N) is 2. The molecule has 0 saturated heterocycles.